The summed E-state index contributed by atoms with van der Waals surface area (Å²) in [5.41, 5.74) is 4.33. The minimum Gasteiger partial charge on any atom is -0.396 e. The first-order valence-electron chi connectivity index (χ1n) is 8.82. The number of anilines is 2. The van der Waals surface area contributed by atoms with Gasteiger partial charge in [0.25, 0.3) is 0 Å². The van der Waals surface area contributed by atoms with Crippen molar-refractivity contribution in [1.82, 2.24) is 5.32 Å². The van der Waals surface area contributed by atoms with Crippen LogP contribution in [0.25, 0.3) is 0 Å². The van der Waals surface area contributed by atoms with E-state index in [1.54, 1.807) is 13.1 Å². The Morgan fingerprint density at radius 3 is 2.42 bits per heavy atom. The molecule has 0 aliphatic heterocycles. The van der Waals surface area contributed by atoms with E-state index in [0.29, 0.717) is 34.5 Å². The minimum atomic E-state index is -0.0561. The van der Waals surface area contributed by atoms with E-state index in [9.17, 15) is 4.79 Å². The highest BCUT2D eigenvalue weighted by atomic mass is 16.3. The molecule has 26 heavy (non-hydrogen) atoms. The highest BCUT2D eigenvalue weighted by molar-refractivity contribution is 6.32. The second-order valence-electron chi connectivity index (χ2n) is 6.16. The van der Waals surface area contributed by atoms with Gasteiger partial charge in [0.15, 0.2) is 5.78 Å². The van der Waals surface area contributed by atoms with Crippen molar-refractivity contribution in [2.45, 2.75) is 6.42 Å². The Balaban J connectivity index is 1.90. The second kappa shape index (κ2) is 8.12. The highest BCUT2D eigenvalue weighted by Crippen LogP contribution is 2.36. The molecule has 6 nitrogen and oxygen atoms in total. The van der Waals surface area contributed by atoms with E-state index in [1.165, 1.54) is 0 Å². The maximum Gasteiger partial charge on any atom is 0.196 e. The molecule has 136 valence electrons. The molecule has 5 N–H and O–H groups in total. The van der Waals surface area contributed by atoms with Gasteiger partial charge in [0.1, 0.15) is 0 Å². The van der Waals surface area contributed by atoms with Gasteiger partial charge < -0.3 is 21.1 Å². The maximum absolute atomic E-state index is 13.1. The van der Waals surface area contributed by atoms with Crippen LogP contribution in [0.1, 0.15) is 33.5 Å². The van der Waals surface area contributed by atoms with Gasteiger partial charge in [-0.1, -0.05) is 24.3 Å². The van der Waals surface area contributed by atoms with Crippen LogP contribution in [-0.2, 0) is 0 Å². The van der Waals surface area contributed by atoms with Crippen molar-refractivity contribution in [3.05, 3.63) is 58.7 Å². The standard InChI is InChI=1S/C20H24N4O2/c1-22-15-7-8-16(24-11-10-23-9-4-12-25)18-17(15)19(21)13-5-2-3-6-14(13)20(18)26/h2-3,5-8,21-25H,4,9-12H2,1H3. The highest BCUT2D eigenvalue weighted by Gasteiger charge is 2.31. The summed E-state index contributed by atoms with van der Waals surface area (Å²) >= 11 is 0. The molecule has 2 aromatic rings. The topological polar surface area (TPSA) is 97.2 Å². The normalized spacial score (nSPS) is 12.5. The first-order valence-corrected chi connectivity index (χ1v) is 8.82. The number of aliphatic hydroxyl groups excluding tert-OH is 1. The average Bonchev–Trinajstić information content (AvgIpc) is 2.68. The van der Waals surface area contributed by atoms with E-state index < -0.39 is 0 Å². The van der Waals surface area contributed by atoms with Crippen molar-refractivity contribution in [2.75, 3.05) is 43.9 Å². The van der Waals surface area contributed by atoms with E-state index in [-0.39, 0.29) is 12.4 Å². The van der Waals surface area contributed by atoms with E-state index in [0.717, 1.165) is 30.9 Å². The zero-order valence-electron chi connectivity index (χ0n) is 14.9. The number of hydrogen-bond acceptors (Lipinski definition) is 6. The molecule has 0 saturated carbocycles. The summed E-state index contributed by atoms with van der Waals surface area (Å²) in [5, 5.41) is 27.1. The summed E-state index contributed by atoms with van der Waals surface area (Å²) in [5.74, 6) is -0.0561. The van der Waals surface area contributed by atoms with E-state index in [4.69, 9.17) is 10.5 Å². The summed E-state index contributed by atoms with van der Waals surface area (Å²) in [6, 6.07) is 11.1. The largest absolute Gasteiger partial charge is 0.396 e. The molecule has 0 atom stereocenters. The van der Waals surface area contributed by atoms with Crippen LogP contribution in [0.3, 0.4) is 0 Å². The Morgan fingerprint density at radius 2 is 1.69 bits per heavy atom. The smallest absolute Gasteiger partial charge is 0.196 e. The van der Waals surface area contributed by atoms with Gasteiger partial charge in [0.05, 0.1) is 11.3 Å². The monoisotopic (exact) mass is 352 g/mol. The van der Waals surface area contributed by atoms with Crippen LogP contribution >= 0.6 is 0 Å². The van der Waals surface area contributed by atoms with E-state index in [1.807, 2.05) is 30.3 Å². The van der Waals surface area contributed by atoms with Crippen molar-refractivity contribution < 1.29 is 9.90 Å². The van der Waals surface area contributed by atoms with Crippen molar-refractivity contribution in [3.8, 4) is 0 Å². The molecule has 0 unspecified atom stereocenters. The van der Waals surface area contributed by atoms with E-state index in [2.05, 4.69) is 16.0 Å². The summed E-state index contributed by atoms with van der Waals surface area (Å²) in [6.45, 7) is 2.31. The Hall–Kier alpha value is -2.70. The summed E-state index contributed by atoms with van der Waals surface area (Å²) in [4.78, 5) is 13.1. The van der Waals surface area contributed by atoms with Gasteiger partial charge >= 0.3 is 0 Å². The van der Waals surface area contributed by atoms with Crippen LogP contribution in [0.4, 0.5) is 11.4 Å². The van der Waals surface area contributed by atoms with Gasteiger partial charge in [0, 0.05) is 54.8 Å². The SMILES string of the molecule is CNc1ccc(NCCNCCCO)c2c1C(=N)c1ccccc1C2=O. The first-order chi connectivity index (χ1) is 12.7. The lowest BCUT2D eigenvalue weighted by Gasteiger charge is -2.25. The average molecular weight is 352 g/mol. The number of fused-ring (bicyclic) bond motifs is 2. The fourth-order valence-corrected chi connectivity index (χ4v) is 3.24. The minimum absolute atomic E-state index is 0.0561. The molecule has 0 saturated heterocycles. The molecule has 3 rings (SSSR count). The summed E-state index contributed by atoms with van der Waals surface area (Å²) < 4.78 is 0. The molecular formula is C20H24N4O2. The van der Waals surface area contributed by atoms with Gasteiger partial charge in [-0.15, -0.1) is 0 Å². The van der Waals surface area contributed by atoms with Crippen LogP contribution in [0.5, 0.6) is 0 Å². The summed E-state index contributed by atoms with van der Waals surface area (Å²) in [6.07, 6.45) is 0.721. The van der Waals surface area contributed by atoms with Crippen LogP contribution in [-0.4, -0.2) is 49.9 Å². The Bertz CT molecular complexity index is 833. The Morgan fingerprint density at radius 1 is 0.962 bits per heavy atom. The number of carbonyl (C=O) groups excluding carboxylic acids is 1. The zero-order valence-corrected chi connectivity index (χ0v) is 14.9. The van der Waals surface area contributed by atoms with Gasteiger partial charge in [0.2, 0.25) is 0 Å². The molecule has 0 amide bonds. The third kappa shape index (κ3) is 3.34. The number of carbonyl (C=O) groups is 1. The number of aliphatic hydroxyl groups is 1. The molecule has 0 fully saturated rings. The second-order valence-corrected chi connectivity index (χ2v) is 6.16. The fourth-order valence-electron chi connectivity index (χ4n) is 3.24. The van der Waals surface area contributed by atoms with Gasteiger partial charge in [-0.05, 0) is 25.1 Å². The lowest BCUT2D eigenvalue weighted by molar-refractivity contribution is 0.103. The van der Waals surface area contributed by atoms with Gasteiger partial charge in [-0.2, -0.15) is 0 Å². The maximum atomic E-state index is 13.1. The quantitative estimate of drug-likeness (QED) is 0.400. The van der Waals surface area contributed by atoms with Gasteiger partial charge in [-0.3, -0.25) is 10.2 Å². The lowest BCUT2D eigenvalue weighted by Crippen LogP contribution is -2.27. The summed E-state index contributed by atoms with van der Waals surface area (Å²) in [7, 11) is 1.80. The van der Waals surface area contributed by atoms with Crippen LogP contribution in [0, 0.1) is 5.41 Å². The van der Waals surface area contributed by atoms with Crippen molar-refractivity contribution in [1.29, 1.82) is 5.41 Å². The number of rotatable bonds is 8. The lowest BCUT2D eigenvalue weighted by atomic mass is 9.82. The Kier molecular flexibility index (Phi) is 5.65. The molecule has 0 bridgehead atoms. The predicted octanol–water partition coefficient (Wildman–Crippen LogP) is 2.07. The predicted molar refractivity (Wildman–Crippen MR) is 105 cm³/mol. The molecule has 0 aromatic heterocycles. The first kappa shape index (κ1) is 18.1. The van der Waals surface area contributed by atoms with Crippen molar-refractivity contribution in [3.63, 3.8) is 0 Å². The molecule has 1 aliphatic rings. The number of benzene rings is 2. The fraction of sp³-hybridized carbons (Fsp3) is 0.300. The number of ketones is 1. The Labute approximate surface area is 153 Å². The van der Waals surface area contributed by atoms with Crippen LogP contribution in [0.2, 0.25) is 0 Å². The molecule has 0 heterocycles. The molecule has 1 aliphatic carbocycles. The molecule has 6 heteroatoms. The molecule has 2 aromatic carbocycles. The molecule has 0 radical (unpaired) electrons. The third-order valence-electron chi connectivity index (χ3n) is 4.52. The van der Waals surface area contributed by atoms with Crippen molar-refractivity contribution >= 4 is 22.9 Å². The van der Waals surface area contributed by atoms with Gasteiger partial charge in [-0.25, -0.2) is 0 Å². The number of hydrogen-bond donors (Lipinski definition) is 5. The third-order valence-corrected chi connectivity index (χ3v) is 4.52. The van der Waals surface area contributed by atoms with E-state index >= 15 is 0 Å². The zero-order chi connectivity index (χ0) is 18.5. The molecular weight excluding hydrogens is 328 g/mol. The number of nitrogens with one attached hydrogen (secondary N) is 4. The van der Waals surface area contributed by atoms with Crippen molar-refractivity contribution in [2.24, 2.45) is 0 Å². The van der Waals surface area contributed by atoms with Crippen LogP contribution in [0.15, 0.2) is 36.4 Å². The van der Waals surface area contributed by atoms with Crippen LogP contribution < -0.4 is 16.0 Å². The molecule has 0 spiro atoms.